The van der Waals surface area contributed by atoms with Gasteiger partial charge in [-0.1, -0.05) is 23.2 Å². The van der Waals surface area contributed by atoms with Gasteiger partial charge in [-0.05, 0) is 26.0 Å². The summed E-state index contributed by atoms with van der Waals surface area (Å²) < 4.78 is 39.6. The molecular formula is C10H13Cl2FN2O2S. The Morgan fingerprint density at radius 3 is 2.17 bits per heavy atom. The Labute approximate surface area is 115 Å². The van der Waals surface area contributed by atoms with E-state index in [-0.39, 0.29) is 21.5 Å². The normalized spacial score (nSPS) is 12.8. The highest BCUT2D eigenvalue weighted by atomic mass is 35.5. The van der Waals surface area contributed by atoms with Crippen molar-refractivity contribution in [2.45, 2.75) is 24.3 Å². The van der Waals surface area contributed by atoms with E-state index in [0.29, 0.717) is 0 Å². The molecule has 1 aromatic rings. The predicted molar refractivity (Wildman–Crippen MR) is 69.9 cm³/mol. The van der Waals surface area contributed by atoms with Crippen molar-refractivity contribution >= 4 is 33.2 Å². The third kappa shape index (κ3) is 3.55. The van der Waals surface area contributed by atoms with Crippen molar-refractivity contribution in [2.24, 2.45) is 5.73 Å². The predicted octanol–water partition coefficient (Wildman–Crippen LogP) is 2.15. The van der Waals surface area contributed by atoms with Crippen molar-refractivity contribution in [3.63, 3.8) is 0 Å². The molecule has 4 nitrogen and oxygen atoms in total. The van der Waals surface area contributed by atoms with Gasteiger partial charge in [0.15, 0.2) is 0 Å². The van der Waals surface area contributed by atoms with Crippen LogP contribution in [0.1, 0.15) is 13.8 Å². The van der Waals surface area contributed by atoms with Crippen molar-refractivity contribution in [2.75, 3.05) is 6.54 Å². The van der Waals surface area contributed by atoms with Crippen molar-refractivity contribution in [1.29, 1.82) is 0 Å². The average Bonchev–Trinajstić information content (AvgIpc) is 2.13. The number of nitrogens with two attached hydrogens (primary N) is 1. The van der Waals surface area contributed by atoms with E-state index in [9.17, 15) is 12.8 Å². The van der Waals surface area contributed by atoms with Crippen LogP contribution in [0.5, 0.6) is 0 Å². The zero-order chi connectivity index (χ0) is 14.1. The first-order valence-electron chi connectivity index (χ1n) is 4.98. The fourth-order valence-corrected chi connectivity index (χ4v) is 3.86. The van der Waals surface area contributed by atoms with Crippen LogP contribution in [0.15, 0.2) is 17.0 Å². The Morgan fingerprint density at radius 2 is 1.78 bits per heavy atom. The van der Waals surface area contributed by atoms with Crippen molar-refractivity contribution in [1.82, 2.24) is 4.72 Å². The third-order valence-electron chi connectivity index (χ3n) is 2.15. The van der Waals surface area contributed by atoms with Crippen LogP contribution in [-0.2, 0) is 10.0 Å². The molecule has 0 aliphatic carbocycles. The lowest BCUT2D eigenvalue weighted by Gasteiger charge is -2.24. The molecule has 0 spiro atoms. The molecule has 1 aromatic carbocycles. The SMILES string of the molecule is CC(C)(CN)NS(=O)(=O)c1c(Cl)cc(F)cc1Cl. The van der Waals surface area contributed by atoms with E-state index in [1.54, 1.807) is 13.8 Å². The summed E-state index contributed by atoms with van der Waals surface area (Å²) in [5.41, 5.74) is 4.58. The summed E-state index contributed by atoms with van der Waals surface area (Å²) in [4.78, 5) is -0.353. The van der Waals surface area contributed by atoms with Crippen LogP contribution < -0.4 is 10.5 Å². The van der Waals surface area contributed by atoms with Gasteiger partial charge in [-0.2, -0.15) is 0 Å². The molecule has 102 valence electrons. The molecule has 0 fully saturated rings. The van der Waals surface area contributed by atoms with Crippen LogP contribution in [0.3, 0.4) is 0 Å². The second-order valence-corrected chi connectivity index (χ2v) is 6.83. The molecule has 0 aliphatic rings. The van der Waals surface area contributed by atoms with Gasteiger partial charge in [0.05, 0.1) is 10.0 Å². The third-order valence-corrected chi connectivity index (χ3v) is 4.77. The molecule has 1 rings (SSSR count). The lowest BCUT2D eigenvalue weighted by molar-refractivity contribution is 0.462. The quantitative estimate of drug-likeness (QED) is 0.894. The second-order valence-electron chi connectivity index (χ2n) is 4.39. The van der Waals surface area contributed by atoms with Crippen molar-refractivity contribution in [3.05, 3.63) is 28.0 Å². The van der Waals surface area contributed by atoms with E-state index < -0.39 is 21.4 Å². The molecule has 0 amide bonds. The minimum Gasteiger partial charge on any atom is -0.329 e. The average molecular weight is 315 g/mol. The van der Waals surface area contributed by atoms with E-state index in [2.05, 4.69) is 4.72 Å². The molecule has 8 heteroatoms. The largest absolute Gasteiger partial charge is 0.329 e. The maximum Gasteiger partial charge on any atom is 0.244 e. The van der Waals surface area contributed by atoms with Gasteiger partial charge in [-0.3, -0.25) is 0 Å². The zero-order valence-corrected chi connectivity index (χ0v) is 12.1. The first kappa shape index (κ1) is 15.7. The molecule has 0 saturated heterocycles. The van der Waals surface area contributed by atoms with Gasteiger partial charge in [-0.15, -0.1) is 0 Å². The maximum atomic E-state index is 13.0. The molecule has 0 saturated carbocycles. The Kier molecular flexibility index (Phi) is 4.61. The fourth-order valence-electron chi connectivity index (χ4n) is 1.24. The molecule has 0 radical (unpaired) electrons. The van der Waals surface area contributed by atoms with Crippen LogP contribution in [0.4, 0.5) is 4.39 Å². The molecule has 0 aliphatic heterocycles. The Morgan fingerprint density at radius 1 is 1.33 bits per heavy atom. The number of hydrogen-bond donors (Lipinski definition) is 2. The van der Waals surface area contributed by atoms with Crippen molar-refractivity contribution in [3.8, 4) is 0 Å². The van der Waals surface area contributed by atoms with Crippen LogP contribution in [0, 0.1) is 5.82 Å². The summed E-state index contributed by atoms with van der Waals surface area (Å²) in [6.07, 6.45) is 0. The van der Waals surface area contributed by atoms with Crippen LogP contribution in [0.2, 0.25) is 10.0 Å². The molecule has 0 atom stereocenters. The summed E-state index contributed by atoms with van der Waals surface area (Å²) in [6, 6.07) is 1.77. The first-order chi connectivity index (χ1) is 8.09. The number of halogens is 3. The molecular weight excluding hydrogens is 302 g/mol. The molecule has 0 bridgehead atoms. The summed E-state index contributed by atoms with van der Waals surface area (Å²) in [6.45, 7) is 3.30. The topological polar surface area (TPSA) is 72.2 Å². The summed E-state index contributed by atoms with van der Waals surface area (Å²) in [7, 11) is -3.97. The summed E-state index contributed by atoms with van der Waals surface area (Å²) >= 11 is 11.4. The fraction of sp³-hybridized carbons (Fsp3) is 0.400. The van der Waals surface area contributed by atoms with Gasteiger partial charge in [0.1, 0.15) is 10.7 Å². The maximum absolute atomic E-state index is 13.0. The van der Waals surface area contributed by atoms with Gasteiger partial charge >= 0.3 is 0 Å². The summed E-state index contributed by atoms with van der Waals surface area (Å²) in [5, 5.41) is -0.555. The first-order valence-corrected chi connectivity index (χ1v) is 7.21. The summed E-state index contributed by atoms with van der Waals surface area (Å²) in [5.74, 6) is -0.706. The number of benzene rings is 1. The molecule has 0 unspecified atom stereocenters. The number of sulfonamides is 1. The molecule has 3 N–H and O–H groups in total. The Bertz CT molecular complexity index is 538. The van der Waals surface area contributed by atoms with Gasteiger partial charge in [0.2, 0.25) is 10.0 Å². The number of nitrogens with one attached hydrogen (secondary N) is 1. The van der Waals surface area contributed by atoms with Crippen molar-refractivity contribution < 1.29 is 12.8 Å². The minimum atomic E-state index is -3.97. The minimum absolute atomic E-state index is 0.0860. The number of hydrogen-bond acceptors (Lipinski definition) is 3. The second kappa shape index (κ2) is 5.30. The zero-order valence-electron chi connectivity index (χ0n) is 9.80. The highest BCUT2D eigenvalue weighted by Gasteiger charge is 2.29. The van der Waals surface area contributed by atoms with E-state index in [1.165, 1.54) is 0 Å². The van der Waals surface area contributed by atoms with Crippen LogP contribution in [0.25, 0.3) is 0 Å². The van der Waals surface area contributed by atoms with Gasteiger partial charge in [-0.25, -0.2) is 17.5 Å². The van der Waals surface area contributed by atoms with E-state index >= 15 is 0 Å². The number of rotatable bonds is 4. The highest BCUT2D eigenvalue weighted by molar-refractivity contribution is 7.89. The molecule has 0 heterocycles. The van der Waals surface area contributed by atoms with Crippen LogP contribution in [-0.4, -0.2) is 20.5 Å². The highest BCUT2D eigenvalue weighted by Crippen LogP contribution is 2.30. The molecule has 18 heavy (non-hydrogen) atoms. The van der Waals surface area contributed by atoms with Gasteiger partial charge < -0.3 is 5.73 Å². The Hall–Kier alpha value is -0.400. The lowest BCUT2D eigenvalue weighted by atomic mass is 10.1. The lowest BCUT2D eigenvalue weighted by Crippen LogP contribution is -2.48. The van der Waals surface area contributed by atoms with Crippen LogP contribution >= 0.6 is 23.2 Å². The van der Waals surface area contributed by atoms with Gasteiger partial charge in [0, 0.05) is 12.1 Å². The van der Waals surface area contributed by atoms with Gasteiger partial charge in [0.25, 0.3) is 0 Å². The smallest absolute Gasteiger partial charge is 0.244 e. The standard InChI is InChI=1S/C10H13Cl2FN2O2S/c1-10(2,5-14)15-18(16,17)9-7(11)3-6(13)4-8(9)12/h3-4,15H,5,14H2,1-2H3. The molecule has 0 aromatic heterocycles. The Balaban J connectivity index is 3.30. The van der Waals surface area contributed by atoms with E-state index in [1.807, 2.05) is 0 Å². The van der Waals surface area contributed by atoms with E-state index in [4.69, 9.17) is 28.9 Å². The monoisotopic (exact) mass is 314 g/mol. The van der Waals surface area contributed by atoms with E-state index in [0.717, 1.165) is 12.1 Å².